The molecule has 0 aliphatic rings. The van der Waals surface area contributed by atoms with Crippen molar-refractivity contribution in [2.75, 3.05) is 9.80 Å². The van der Waals surface area contributed by atoms with Crippen molar-refractivity contribution in [3.8, 4) is 0 Å². The molecule has 5 aromatic rings. The van der Waals surface area contributed by atoms with E-state index in [1.165, 1.54) is 33.4 Å². The maximum absolute atomic E-state index is 8.06. The molecule has 3 heteroatoms. The first-order chi connectivity index (χ1) is 26.4. The first-order valence-electron chi connectivity index (χ1n) is 21.3. The highest BCUT2D eigenvalue weighted by Gasteiger charge is 2.30. The summed E-state index contributed by atoms with van der Waals surface area (Å²) in [4.78, 5) is 4.82. The van der Waals surface area contributed by atoms with Crippen LogP contribution in [0.15, 0.2) is 97.1 Å². The van der Waals surface area contributed by atoms with Gasteiger partial charge in [0.25, 0.3) is 0 Å². The lowest BCUT2D eigenvalue weighted by Crippen LogP contribution is -2.21. The third kappa shape index (κ3) is 10.0. The molecular formula is C55H73ClN2. The summed E-state index contributed by atoms with van der Waals surface area (Å²) < 4.78 is 0. The Morgan fingerprint density at radius 2 is 0.586 bits per heavy atom. The van der Waals surface area contributed by atoms with E-state index in [0.29, 0.717) is 5.02 Å². The van der Waals surface area contributed by atoms with Crippen molar-refractivity contribution < 1.29 is 0 Å². The SMILES string of the molecule is Cc1cc(N(c2cccc(C(C)(C)C)c2)c2cc(C(C)(C)C)cc(C(C)(C)C)c2)c(Cl)c(N(c2cccc(C(C)(C)C)c2)c2cc(C(C)(C)C)cc(C(C)(C)C)c2)c1. The van der Waals surface area contributed by atoms with Crippen LogP contribution in [-0.2, 0) is 32.5 Å². The van der Waals surface area contributed by atoms with Gasteiger partial charge in [-0.1, -0.05) is 173 Å². The molecule has 0 spiro atoms. The Kier molecular flexibility index (Phi) is 12.1. The predicted molar refractivity (Wildman–Crippen MR) is 258 cm³/mol. The minimum atomic E-state index is -0.0613. The van der Waals surface area contributed by atoms with E-state index < -0.39 is 0 Å². The molecule has 58 heavy (non-hydrogen) atoms. The molecule has 0 heterocycles. The average Bonchev–Trinajstić information content (AvgIpc) is 3.08. The molecule has 0 atom stereocenters. The normalized spacial score (nSPS) is 13.2. The Hall–Kier alpha value is -4.01. The largest absolute Gasteiger partial charge is 0.309 e. The molecule has 0 aliphatic heterocycles. The highest BCUT2D eigenvalue weighted by atomic mass is 35.5. The summed E-state index contributed by atoms with van der Waals surface area (Å²) in [6.45, 7) is 43.6. The van der Waals surface area contributed by atoms with Gasteiger partial charge >= 0.3 is 0 Å². The summed E-state index contributed by atoms with van der Waals surface area (Å²) in [7, 11) is 0. The standard InChI is InChI=1S/C55H73ClN2/c1-36-26-47(57(43-24-20-22-37(30-43)50(2,3)4)45-32-39(52(8,9)10)28-40(33-45)53(11,12)13)49(56)48(27-36)58(44-25-21-23-38(31-44)51(5,6)7)46-34-41(54(14,15)16)29-42(35-46)55(17,18)19/h20-35H,1-19H3. The topological polar surface area (TPSA) is 6.48 Å². The summed E-state index contributed by atoms with van der Waals surface area (Å²) in [5.74, 6) is 0. The van der Waals surface area contributed by atoms with Gasteiger partial charge in [0, 0.05) is 22.7 Å². The van der Waals surface area contributed by atoms with Gasteiger partial charge in [-0.2, -0.15) is 0 Å². The van der Waals surface area contributed by atoms with E-state index in [4.69, 9.17) is 11.6 Å². The Labute approximate surface area is 359 Å². The molecule has 0 saturated carbocycles. The molecule has 0 aromatic heterocycles. The highest BCUT2D eigenvalue weighted by Crippen LogP contribution is 2.50. The van der Waals surface area contributed by atoms with Crippen LogP contribution in [0.2, 0.25) is 5.02 Å². The van der Waals surface area contributed by atoms with Crippen LogP contribution >= 0.6 is 11.6 Å². The Morgan fingerprint density at radius 1 is 0.328 bits per heavy atom. The van der Waals surface area contributed by atoms with Crippen LogP contribution in [0.1, 0.15) is 164 Å². The number of nitrogens with zero attached hydrogens (tertiary/aromatic N) is 2. The Morgan fingerprint density at radius 3 is 0.845 bits per heavy atom. The molecule has 0 amide bonds. The van der Waals surface area contributed by atoms with Crippen LogP contribution in [0.4, 0.5) is 34.1 Å². The van der Waals surface area contributed by atoms with Gasteiger partial charge in [0.15, 0.2) is 0 Å². The van der Waals surface area contributed by atoms with Gasteiger partial charge in [-0.3, -0.25) is 0 Å². The number of anilines is 6. The summed E-state index contributed by atoms with van der Waals surface area (Å²) in [5, 5.41) is 0.699. The summed E-state index contributed by atoms with van der Waals surface area (Å²) in [5.41, 5.74) is 14.8. The van der Waals surface area contributed by atoms with Crippen LogP contribution < -0.4 is 9.80 Å². The number of halogens is 1. The van der Waals surface area contributed by atoms with Gasteiger partial charge in [-0.15, -0.1) is 0 Å². The van der Waals surface area contributed by atoms with Crippen LogP contribution in [-0.4, -0.2) is 0 Å². The summed E-state index contributed by atoms with van der Waals surface area (Å²) in [6, 6.07) is 36.9. The first-order valence-corrected chi connectivity index (χ1v) is 21.7. The van der Waals surface area contributed by atoms with E-state index >= 15 is 0 Å². The minimum Gasteiger partial charge on any atom is -0.309 e. The summed E-state index contributed by atoms with van der Waals surface area (Å²) >= 11 is 8.06. The number of aryl methyl sites for hydroxylation is 1. The molecule has 0 aliphatic carbocycles. The third-order valence-corrected chi connectivity index (χ3v) is 11.8. The monoisotopic (exact) mass is 797 g/mol. The van der Waals surface area contributed by atoms with Crippen molar-refractivity contribution in [1.29, 1.82) is 0 Å². The predicted octanol–water partition coefficient (Wildman–Crippen LogP) is 17.4. The van der Waals surface area contributed by atoms with Crippen molar-refractivity contribution in [2.45, 2.75) is 164 Å². The smallest absolute Gasteiger partial charge is 0.0887 e. The van der Waals surface area contributed by atoms with Crippen LogP contribution in [0.5, 0.6) is 0 Å². The molecule has 0 radical (unpaired) electrons. The van der Waals surface area contributed by atoms with E-state index in [1.54, 1.807) is 0 Å². The molecular weight excluding hydrogens is 724 g/mol. The Bertz CT molecular complexity index is 2040. The summed E-state index contributed by atoms with van der Waals surface area (Å²) in [6.07, 6.45) is 0. The average molecular weight is 798 g/mol. The fourth-order valence-corrected chi connectivity index (χ4v) is 7.62. The molecule has 0 N–H and O–H groups in total. The van der Waals surface area contributed by atoms with E-state index in [2.05, 4.69) is 238 Å². The molecule has 0 bridgehead atoms. The molecule has 310 valence electrons. The van der Waals surface area contributed by atoms with Crippen molar-refractivity contribution in [3.63, 3.8) is 0 Å². The van der Waals surface area contributed by atoms with E-state index in [1.807, 2.05) is 0 Å². The quantitative estimate of drug-likeness (QED) is 0.169. The fraction of sp³-hybridized carbons (Fsp3) is 0.455. The van der Waals surface area contributed by atoms with Crippen molar-refractivity contribution in [1.82, 2.24) is 0 Å². The number of benzene rings is 5. The van der Waals surface area contributed by atoms with E-state index in [9.17, 15) is 0 Å². The first kappa shape index (κ1) is 45.1. The van der Waals surface area contributed by atoms with Gasteiger partial charge in [-0.25, -0.2) is 0 Å². The maximum Gasteiger partial charge on any atom is 0.0887 e. The van der Waals surface area contributed by atoms with Gasteiger partial charge in [0.2, 0.25) is 0 Å². The van der Waals surface area contributed by atoms with Crippen LogP contribution in [0, 0.1) is 6.92 Å². The number of rotatable bonds is 6. The lowest BCUT2D eigenvalue weighted by Gasteiger charge is -2.35. The van der Waals surface area contributed by atoms with Gasteiger partial charge < -0.3 is 9.80 Å². The molecule has 0 unspecified atom stereocenters. The Balaban J connectivity index is 1.95. The minimum absolute atomic E-state index is 0.0369. The van der Waals surface area contributed by atoms with Crippen LogP contribution in [0.25, 0.3) is 0 Å². The highest BCUT2D eigenvalue weighted by molar-refractivity contribution is 6.36. The molecule has 0 saturated heterocycles. The second kappa shape index (κ2) is 15.5. The van der Waals surface area contributed by atoms with Gasteiger partial charge in [0.1, 0.15) is 0 Å². The van der Waals surface area contributed by atoms with E-state index in [-0.39, 0.29) is 32.5 Å². The number of hydrogen-bond acceptors (Lipinski definition) is 2. The maximum atomic E-state index is 8.06. The zero-order valence-electron chi connectivity index (χ0n) is 39.5. The molecule has 2 nitrogen and oxygen atoms in total. The second-order valence-corrected chi connectivity index (χ2v) is 23.3. The van der Waals surface area contributed by atoms with Crippen LogP contribution in [0.3, 0.4) is 0 Å². The van der Waals surface area contributed by atoms with E-state index in [0.717, 1.165) is 39.7 Å². The molecule has 0 fully saturated rings. The van der Waals surface area contributed by atoms with Crippen molar-refractivity contribution >= 4 is 45.7 Å². The zero-order valence-corrected chi connectivity index (χ0v) is 40.3. The fourth-order valence-electron chi connectivity index (χ4n) is 7.35. The molecule has 5 rings (SSSR count). The third-order valence-electron chi connectivity index (χ3n) is 11.4. The molecule has 5 aromatic carbocycles. The zero-order chi connectivity index (χ0) is 43.6. The lowest BCUT2D eigenvalue weighted by molar-refractivity contribution is 0.568. The van der Waals surface area contributed by atoms with Crippen molar-refractivity contribution in [2.24, 2.45) is 0 Å². The number of hydrogen-bond donors (Lipinski definition) is 0. The van der Waals surface area contributed by atoms with Gasteiger partial charge in [0.05, 0.1) is 16.4 Å². The van der Waals surface area contributed by atoms with Gasteiger partial charge in [-0.05, 0) is 139 Å². The van der Waals surface area contributed by atoms with Crippen molar-refractivity contribution in [3.05, 3.63) is 141 Å². The second-order valence-electron chi connectivity index (χ2n) is 22.9. The lowest BCUT2D eigenvalue weighted by atomic mass is 9.80.